The molecule has 21 heavy (non-hydrogen) atoms. The lowest BCUT2D eigenvalue weighted by molar-refractivity contribution is 0.102. The maximum absolute atomic E-state index is 12.2. The molecule has 0 aliphatic rings. The van der Waals surface area contributed by atoms with E-state index >= 15 is 0 Å². The molecule has 0 saturated carbocycles. The number of halogens is 2. The number of carbonyl (C=O) groups excluding carboxylic acids is 1. The maximum atomic E-state index is 12.2. The van der Waals surface area contributed by atoms with Crippen LogP contribution in [0.1, 0.15) is 10.4 Å². The van der Waals surface area contributed by atoms with Crippen LogP contribution in [-0.2, 0) is 0 Å². The van der Waals surface area contributed by atoms with Gasteiger partial charge in [-0.15, -0.1) is 0 Å². The first kappa shape index (κ1) is 14.6. The summed E-state index contributed by atoms with van der Waals surface area (Å²) in [4.78, 5) is 16.5. The van der Waals surface area contributed by atoms with Gasteiger partial charge in [-0.25, -0.2) is 4.98 Å². The number of carbonyl (C=O) groups is 1. The van der Waals surface area contributed by atoms with E-state index in [0.717, 1.165) is 4.47 Å². The summed E-state index contributed by atoms with van der Waals surface area (Å²) in [6.07, 6.45) is 0. The second-order valence-corrected chi connectivity index (χ2v) is 6.50. The Labute approximate surface area is 138 Å². The first-order valence-corrected chi connectivity index (χ1v) is 8.26. The highest BCUT2D eigenvalue weighted by Gasteiger charge is 2.13. The van der Waals surface area contributed by atoms with Gasteiger partial charge in [0.05, 0.1) is 5.75 Å². The van der Waals surface area contributed by atoms with Gasteiger partial charge in [-0.2, -0.15) is 0 Å². The van der Waals surface area contributed by atoms with Crippen molar-refractivity contribution in [2.75, 3.05) is 5.75 Å². The number of oxazole rings is 1. The molecule has 0 fully saturated rings. The summed E-state index contributed by atoms with van der Waals surface area (Å²) in [5.74, 6) is 0.288. The number of aromatic nitrogens is 1. The minimum atomic E-state index is 0.0211. The fourth-order valence-corrected chi connectivity index (χ4v) is 3.23. The van der Waals surface area contributed by atoms with Crippen molar-refractivity contribution in [1.29, 1.82) is 0 Å². The van der Waals surface area contributed by atoms with E-state index in [4.69, 9.17) is 16.0 Å². The molecule has 0 amide bonds. The zero-order valence-electron chi connectivity index (χ0n) is 10.7. The highest BCUT2D eigenvalue weighted by Crippen LogP contribution is 2.27. The second-order valence-electron chi connectivity index (χ2n) is 4.28. The molecule has 0 aliphatic heterocycles. The molecule has 106 valence electrons. The van der Waals surface area contributed by atoms with E-state index < -0.39 is 0 Å². The van der Waals surface area contributed by atoms with Gasteiger partial charge in [-0.1, -0.05) is 57.5 Å². The fourth-order valence-electron chi connectivity index (χ4n) is 1.83. The normalized spacial score (nSPS) is 11.0. The van der Waals surface area contributed by atoms with Crippen molar-refractivity contribution in [2.24, 2.45) is 0 Å². The fraction of sp³-hybridized carbons (Fsp3) is 0.0667. The van der Waals surface area contributed by atoms with Gasteiger partial charge in [-0.3, -0.25) is 4.79 Å². The molecule has 1 aromatic heterocycles. The number of rotatable bonds is 4. The predicted molar refractivity (Wildman–Crippen MR) is 88.2 cm³/mol. The molecule has 6 heteroatoms. The number of hydrogen-bond donors (Lipinski definition) is 0. The summed E-state index contributed by atoms with van der Waals surface area (Å²) >= 11 is 10.6. The van der Waals surface area contributed by atoms with Crippen LogP contribution in [0.4, 0.5) is 0 Å². The average molecular weight is 383 g/mol. The number of Topliss-reactive ketones (excluding diaryl/α,β-unsaturated/α-hetero) is 1. The van der Waals surface area contributed by atoms with Crippen molar-refractivity contribution >= 4 is 56.2 Å². The van der Waals surface area contributed by atoms with E-state index in [1.807, 2.05) is 18.2 Å². The van der Waals surface area contributed by atoms with Crippen LogP contribution in [0.15, 0.2) is 56.6 Å². The second kappa shape index (κ2) is 6.22. The third kappa shape index (κ3) is 3.31. The minimum Gasteiger partial charge on any atom is -0.431 e. The molecule has 0 radical (unpaired) electrons. The van der Waals surface area contributed by atoms with Gasteiger partial charge >= 0.3 is 0 Å². The smallest absolute Gasteiger partial charge is 0.257 e. The minimum absolute atomic E-state index is 0.0211. The van der Waals surface area contributed by atoms with Crippen LogP contribution in [0.25, 0.3) is 11.1 Å². The molecule has 0 aliphatic carbocycles. The van der Waals surface area contributed by atoms with E-state index in [0.29, 0.717) is 26.9 Å². The number of thioether (sulfide) groups is 1. The Hall–Kier alpha value is -1.30. The summed E-state index contributed by atoms with van der Waals surface area (Å²) in [7, 11) is 0. The molecule has 0 spiro atoms. The zero-order valence-corrected chi connectivity index (χ0v) is 13.8. The molecule has 1 heterocycles. The van der Waals surface area contributed by atoms with Gasteiger partial charge in [0.15, 0.2) is 11.4 Å². The molecule has 3 aromatic rings. The van der Waals surface area contributed by atoms with E-state index in [-0.39, 0.29) is 11.5 Å². The van der Waals surface area contributed by atoms with Gasteiger partial charge in [0.25, 0.3) is 5.22 Å². The van der Waals surface area contributed by atoms with Gasteiger partial charge in [0.2, 0.25) is 0 Å². The van der Waals surface area contributed by atoms with Crippen molar-refractivity contribution in [2.45, 2.75) is 5.22 Å². The van der Waals surface area contributed by atoms with Crippen LogP contribution in [0.2, 0.25) is 5.02 Å². The third-order valence-electron chi connectivity index (χ3n) is 2.83. The number of fused-ring (bicyclic) bond motifs is 1. The molecule has 0 saturated heterocycles. The maximum Gasteiger partial charge on any atom is 0.257 e. The predicted octanol–water partition coefficient (Wildman–Crippen LogP) is 5.22. The molecule has 0 N–H and O–H groups in total. The van der Waals surface area contributed by atoms with Gasteiger partial charge in [0, 0.05) is 15.1 Å². The van der Waals surface area contributed by atoms with Crippen LogP contribution in [-0.4, -0.2) is 16.5 Å². The SMILES string of the molecule is O=C(CSc1nc2cc(Cl)ccc2o1)c1ccccc1Br. The highest BCUT2D eigenvalue weighted by molar-refractivity contribution is 9.10. The lowest BCUT2D eigenvalue weighted by Crippen LogP contribution is -2.03. The van der Waals surface area contributed by atoms with Crippen molar-refractivity contribution in [1.82, 2.24) is 4.98 Å². The van der Waals surface area contributed by atoms with E-state index in [2.05, 4.69) is 20.9 Å². The largest absolute Gasteiger partial charge is 0.431 e. The molecule has 3 rings (SSSR count). The Kier molecular flexibility index (Phi) is 4.33. The van der Waals surface area contributed by atoms with Crippen LogP contribution in [0.5, 0.6) is 0 Å². The molecule has 0 unspecified atom stereocenters. The molecule has 3 nitrogen and oxygen atoms in total. The number of benzene rings is 2. The lowest BCUT2D eigenvalue weighted by Gasteiger charge is -2.01. The lowest BCUT2D eigenvalue weighted by atomic mass is 10.1. The summed E-state index contributed by atoms with van der Waals surface area (Å²) < 4.78 is 6.36. The summed E-state index contributed by atoms with van der Waals surface area (Å²) in [6.45, 7) is 0. The Balaban J connectivity index is 1.74. The van der Waals surface area contributed by atoms with Crippen LogP contribution >= 0.6 is 39.3 Å². The molecule has 0 atom stereocenters. The molecule has 2 aromatic carbocycles. The standard InChI is InChI=1S/C15H9BrClNO2S/c16-11-4-2-1-3-10(11)13(19)8-21-15-18-12-7-9(17)5-6-14(12)20-15/h1-7H,8H2. The Bertz CT molecular complexity index is 818. The van der Waals surface area contributed by atoms with Gasteiger partial charge in [0.1, 0.15) is 5.52 Å². The Morgan fingerprint density at radius 3 is 2.90 bits per heavy atom. The topological polar surface area (TPSA) is 43.1 Å². The van der Waals surface area contributed by atoms with Crippen molar-refractivity contribution < 1.29 is 9.21 Å². The zero-order chi connectivity index (χ0) is 14.8. The average Bonchev–Trinajstić information content (AvgIpc) is 2.87. The van der Waals surface area contributed by atoms with E-state index in [1.54, 1.807) is 24.3 Å². The van der Waals surface area contributed by atoms with E-state index in [1.165, 1.54) is 11.8 Å². The first-order valence-electron chi connectivity index (χ1n) is 6.10. The highest BCUT2D eigenvalue weighted by atomic mass is 79.9. The third-order valence-corrected chi connectivity index (χ3v) is 4.59. The number of ketones is 1. The Morgan fingerprint density at radius 2 is 2.10 bits per heavy atom. The summed E-state index contributed by atoms with van der Waals surface area (Å²) in [5, 5.41) is 1.07. The summed E-state index contributed by atoms with van der Waals surface area (Å²) in [5.41, 5.74) is 2.01. The van der Waals surface area contributed by atoms with Crippen molar-refractivity contribution in [3.05, 3.63) is 57.5 Å². The molecular formula is C15H9BrClNO2S. The molecular weight excluding hydrogens is 374 g/mol. The van der Waals surface area contributed by atoms with Gasteiger partial charge in [-0.05, 0) is 24.3 Å². The number of hydrogen-bond acceptors (Lipinski definition) is 4. The van der Waals surface area contributed by atoms with Crippen LogP contribution < -0.4 is 0 Å². The molecule has 0 bridgehead atoms. The van der Waals surface area contributed by atoms with Crippen LogP contribution in [0, 0.1) is 0 Å². The quantitative estimate of drug-likeness (QED) is 0.458. The number of nitrogens with zero attached hydrogens (tertiary/aromatic N) is 1. The first-order chi connectivity index (χ1) is 10.1. The summed E-state index contributed by atoms with van der Waals surface area (Å²) in [6, 6.07) is 12.6. The van der Waals surface area contributed by atoms with E-state index in [9.17, 15) is 4.79 Å². The van der Waals surface area contributed by atoms with Crippen molar-refractivity contribution in [3.8, 4) is 0 Å². The monoisotopic (exact) mass is 381 g/mol. The van der Waals surface area contributed by atoms with Crippen LogP contribution in [0.3, 0.4) is 0 Å². The van der Waals surface area contributed by atoms with Gasteiger partial charge < -0.3 is 4.42 Å². The van der Waals surface area contributed by atoms with Crippen molar-refractivity contribution in [3.63, 3.8) is 0 Å². The Morgan fingerprint density at radius 1 is 1.29 bits per heavy atom.